The molecule has 0 saturated heterocycles. The van der Waals surface area contributed by atoms with Crippen LogP contribution >= 0.6 is 34.8 Å². The molecule has 1 aromatic rings. The van der Waals surface area contributed by atoms with Crippen molar-refractivity contribution in [2.24, 2.45) is 5.92 Å². The summed E-state index contributed by atoms with van der Waals surface area (Å²) in [6.07, 6.45) is 0. The summed E-state index contributed by atoms with van der Waals surface area (Å²) in [4.78, 5) is 0.0392. The van der Waals surface area contributed by atoms with Crippen LogP contribution in [0.5, 0.6) is 0 Å². The van der Waals surface area contributed by atoms with Gasteiger partial charge in [0.15, 0.2) is 0 Å². The quantitative estimate of drug-likeness (QED) is 0.757. The number of sulfonamides is 1. The van der Waals surface area contributed by atoms with E-state index in [2.05, 4.69) is 0 Å². The Morgan fingerprint density at radius 3 is 2.32 bits per heavy atom. The second-order valence-electron chi connectivity index (χ2n) is 4.65. The molecule has 0 radical (unpaired) electrons. The Balaban J connectivity index is 3.30. The van der Waals surface area contributed by atoms with Crippen LogP contribution in [0.3, 0.4) is 0 Å². The zero-order chi connectivity index (χ0) is 14.8. The Bertz CT molecular complexity index is 558. The average molecular weight is 345 g/mol. The summed E-state index contributed by atoms with van der Waals surface area (Å²) in [5.74, 6) is 0.285. The van der Waals surface area contributed by atoms with Crippen molar-refractivity contribution >= 4 is 44.8 Å². The summed E-state index contributed by atoms with van der Waals surface area (Å²) in [5.41, 5.74) is 0.434. The van der Waals surface area contributed by atoms with Crippen LogP contribution in [-0.4, -0.2) is 26.3 Å². The molecular weight excluding hydrogens is 329 g/mol. The number of nitrogens with zero attached hydrogens (tertiary/aromatic N) is 1. The highest BCUT2D eigenvalue weighted by Gasteiger charge is 2.26. The number of rotatable bonds is 5. The molecule has 1 rings (SSSR count). The van der Waals surface area contributed by atoms with Gasteiger partial charge in [-0.05, 0) is 18.1 Å². The van der Waals surface area contributed by atoms with Crippen LogP contribution in [0.4, 0.5) is 0 Å². The lowest BCUT2D eigenvalue weighted by Crippen LogP contribution is -2.30. The summed E-state index contributed by atoms with van der Waals surface area (Å²) >= 11 is 17.8. The minimum absolute atomic E-state index is 0.0392. The largest absolute Gasteiger partial charge is 0.244 e. The van der Waals surface area contributed by atoms with Crippen LogP contribution in [0.15, 0.2) is 17.0 Å². The standard InChI is InChI=1S/C12H16Cl3NO2S/c1-8(2)7-16(3)19(17,18)11-5-4-10(14)9(6-13)12(11)15/h4-5,8H,6-7H2,1-3H3. The monoisotopic (exact) mass is 343 g/mol. The van der Waals surface area contributed by atoms with Crippen LogP contribution < -0.4 is 0 Å². The number of benzene rings is 1. The number of halogens is 3. The average Bonchev–Trinajstić information content (AvgIpc) is 2.28. The first-order valence-electron chi connectivity index (χ1n) is 5.71. The van der Waals surface area contributed by atoms with Crippen LogP contribution in [0.2, 0.25) is 10.0 Å². The summed E-state index contributed by atoms with van der Waals surface area (Å²) in [7, 11) is -2.10. The SMILES string of the molecule is CC(C)CN(C)S(=O)(=O)c1ccc(Cl)c(CCl)c1Cl. The van der Waals surface area contributed by atoms with E-state index in [1.165, 1.54) is 23.5 Å². The van der Waals surface area contributed by atoms with E-state index < -0.39 is 10.0 Å². The van der Waals surface area contributed by atoms with Gasteiger partial charge in [-0.15, -0.1) is 11.6 Å². The number of alkyl halides is 1. The lowest BCUT2D eigenvalue weighted by Gasteiger charge is -2.20. The topological polar surface area (TPSA) is 37.4 Å². The van der Waals surface area contributed by atoms with E-state index in [0.717, 1.165) is 0 Å². The minimum atomic E-state index is -3.63. The molecule has 0 aliphatic carbocycles. The van der Waals surface area contributed by atoms with Crippen molar-refractivity contribution in [1.29, 1.82) is 0 Å². The molecule has 19 heavy (non-hydrogen) atoms. The predicted octanol–water partition coefficient (Wildman–Crippen LogP) is 4.01. The molecule has 0 aliphatic heterocycles. The molecule has 7 heteroatoms. The van der Waals surface area contributed by atoms with Crippen LogP contribution in [0, 0.1) is 5.92 Å². The normalized spacial score (nSPS) is 12.4. The summed E-state index contributed by atoms with van der Waals surface area (Å²) in [5, 5.41) is 0.462. The number of hydrogen-bond donors (Lipinski definition) is 0. The maximum Gasteiger partial charge on any atom is 0.244 e. The first-order chi connectivity index (χ1) is 8.71. The number of hydrogen-bond acceptors (Lipinski definition) is 2. The van der Waals surface area contributed by atoms with E-state index in [4.69, 9.17) is 34.8 Å². The molecule has 0 N–H and O–H groups in total. The van der Waals surface area contributed by atoms with Gasteiger partial charge in [0, 0.05) is 24.2 Å². The maximum atomic E-state index is 12.4. The van der Waals surface area contributed by atoms with Crippen molar-refractivity contribution < 1.29 is 8.42 Å². The fourth-order valence-electron chi connectivity index (χ4n) is 1.68. The predicted molar refractivity (Wildman–Crippen MR) is 80.7 cm³/mol. The van der Waals surface area contributed by atoms with Crippen LogP contribution in [0.25, 0.3) is 0 Å². The van der Waals surface area contributed by atoms with Gasteiger partial charge in [0.05, 0.1) is 10.9 Å². The summed E-state index contributed by atoms with van der Waals surface area (Å²) in [6, 6.07) is 2.91. The van der Waals surface area contributed by atoms with Gasteiger partial charge in [0.1, 0.15) is 4.90 Å². The Kier molecular flexibility index (Phi) is 5.96. The first kappa shape index (κ1) is 17.1. The second kappa shape index (κ2) is 6.64. The molecule has 0 atom stereocenters. The molecule has 0 bridgehead atoms. The van der Waals surface area contributed by atoms with Gasteiger partial charge in [0.2, 0.25) is 10.0 Å². The molecule has 0 fully saturated rings. The van der Waals surface area contributed by atoms with E-state index in [0.29, 0.717) is 17.1 Å². The zero-order valence-electron chi connectivity index (χ0n) is 11.0. The van der Waals surface area contributed by atoms with E-state index in [-0.39, 0.29) is 21.7 Å². The van der Waals surface area contributed by atoms with Gasteiger partial charge >= 0.3 is 0 Å². The molecule has 0 aliphatic rings. The van der Waals surface area contributed by atoms with Crippen LogP contribution in [-0.2, 0) is 15.9 Å². The summed E-state index contributed by atoms with van der Waals surface area (Å²) in [6.45, 7) is 4.30. The molecule has 0 aromatic heterocycles. The second-order valence-corrected chi connectivity index (χ2v) is 7.72. The molecule has 108 valence electrons. The Morgan fingerprint density at radius 1 is 1.26 bits per heavy atom. The fourth-order valence-corrected chi connectivity index (χ4v) is 4.31. The fraction of sp³-hybridized carbons (Fsp3) is 0.500. The van der Waals surface area contributed by atoms with Gasteiger partial charge in [-0.25, -0.2) is 12.7 Å². The lowest BCUT2D eigenvalue weighted by molar-refractivity contribution is 0.417. The molecule has 0 saturated carbocycles. The molecule has 0 unspecified atom stereocenters. The maximum absolute atomic E-state index is 12.4. The minimum Gasteiger partial charge on any atom is -0.207 e. The first-order valence-corrected chi connectivity index (χ1v) is 8.44. The lowest BCUT2D eigenvalue weighted by atomic mass is 10.2. The third-order valence-electron chi connectivity index (χ3n) is 2.59. The molecular formula is C12H16Cl3NO2S. The highest BCUT2D eigenvalue weighted by atomic mass is 35.5. The third kappa shape index (κ3) is 3.76. The zero-order valence-corrected chi connectivity index (χ0v) is 14.0. The Labute approximate surface area is 129 Å². The van der Waals surface area contributed by atoms with Gasteiger partial charge in [-0.1, -0.05) is 37.0 Å². The molecule has 0 heterocycles. The van der Waals surface area contributed by atoms with E-state index in [1.807, 2.05) is 13.8 Å². The van der Waals surface area contributed by atoms with Gasteiger partial charge in [0.25, 0.3) is 0 Å². The van der Waals surface area contributed by atoms with Gasteiger partial charge in [-0.2, -0.15) is 0 Å². The molecule has 0 amide bonds. The highest BCUT2D eigenvalue weighted by Crippen LogP contribution is 2.33. The molecule has 3 nitrogen and oxygen atoms in total. The van der Waals surface area contributed by atoms with Crippen molar-refractivity contribution in [3.05, 3.63) is 27.7 Å². The van der Waals surface area contributed by atoms with Crippen molar-refractivity contribution in [1.82, 2.24) is 4.31 Å². The van der Waals surface area contributed by atoms with E-state index >= 15 is 0 Å². The van der Waals surface area contributed by atoms with Crippen molar-refractivity contribution in [3.8, 4) is 0 Å². The van der Waals surface area contributed by atoms with Crippen molar-refractivity contribution in [3.63, 3.8) is 0 Å². The molecule has 1 aromatic carbocycles. The van der Waals surface area contributed by atoms with Crippen molar-refractivity contribution in [2.45, 2.75) is 24.6 Å². The smallest absolute Gasteiger partial charge is 0.207 e. The Morgan fingerprint density at radius 2 is 1.84 bits per heavy atom. The summed E-state index contributed by atoms with van der Waals surface area (Å²) < 4.78 is 26.1. The van der Waals surface area contributed by atoms with Gasteiger partial charge < -0.3 is 0 Å². The van der Waals surface area contributed by atoms with Crippen molar-refractivity contribution in [2.75, 3.05) is 13.6 Å². The Hall–Kier alpha value is -0.000000000000000167. The van der Waals surface area contributed by atoms with Crippen LogP contribution in [0.1, 0.15) is 19.4 Å². The highest BCUT2D eigenvalue weighted by molar-refractivity contribution is 7.89. The van der Waals surface area contributed by atoms with Gasteiger partial charge in [-0.3, -0.25) is 0 Å². The molecule has 0 spiro atoms. The van der Waals surface area contributed by atoms with E-state index in [9.17, 15) is 8.42 Å². The van der Waals surface area contributed by atoms with E-state index in [1.54, 1.807) is 0 Å². The third-order valence-corrected chi connectivity index (χ3v) is 5.63.